The Morgan fingerprint density at radius 3 is 2.93 bits per heavy atom. The molecule has 1 aliphatic heterocycles. The lowest BCUT2D eigenvalue weighted by Gasteiger charge is -2.21. The second-order valence-corrected chi connectivity index (χ2v) is 3.96. The smallest absolute Gasteiger partial charge is 0.138 e. The summed E-state index contributed by atoms with van der Waals surface area (Å²) in [6, 6.07) is 0. The monoisotopic (exact) mass is 203 g/mol. The lowest BCUT2D eigenvalue weighted by molar-refractivity contribution is 0.465. The van der Waals surface area contributed by atoms with E-state index >= 15 is 0 Å². The third-order valence-corrected chi connectivity index (χ3v) is 2.83. The fourth-order valence-corrected chi connectivity index (χ4v) is 1.97. The highest BCUT2D eigenvalue weighted by Gasteiger charge is 2.31. The van der Waals surface area contributed by atoms with Crippen molar-refractivity contribution in [3.8, 4) is 0 Å². The van der Waals surface area contributed by atoms with E-state index in [9.17, 15) is 0 Å². The Hall–Kier alpha value is -1.38. The van der Waals surface area contributed by atoms with E-state index in [4.69, 9.17) is 0 Å². The van der Waals surface area contributed by atoms with Crippen LogP contribution in [-0.4, -0.2) is 16.2 Å². The molecule has 0 fully saturated rings. The van der Waals surface area contributed by atoms with Crippen LogP contribution < -0.4 is 0 Å². The van der Waals surface area contributed by atoms with Gasteiger partial charge in [-0.3, -0.25) is 4.99 Å². The van der Waals surface area contributed by atoms with Crippen LogP contribution in [0.25, 0.3) is 0 Å². The third kappa shape index (κ3) is 2.01. The fraction of sp³-hybridized carbons (Fsp3) is 0.500. The molecule has 2 heterocycles. The number of hydrogen-bond donors (Lipinski definition) is 1. The van der Waals surface area contributed by atoms with E-state index in [-0.39, 0.29) is 5.54 Å². The zero-order valence-electron chi connectivity index (χ0n) is 9.11. The molecular formula is C12H17N3. The predicted octanol–water partition coefficient (Wildman–Crippen LogP) is 2.83. The molecule has 15 heavy (non-hydrogen) atoms. The highest BCUT2D eigenvalue weighted by Crippen LogP contribution is 2.33. The molecule has 0 saturated carbocycles. The fourth-order valence-electron chi connectivity index (χ4n) is 1.97. The van der Waals surface area contributed by atoms with Gasteiger partial charge in [-0.15, -0.1) is 0 Å². The number of aromatic amines is 1. The van der Waals surface area contributed by atoms with Gasteiger partial charge in [0, 0.05) is 18.6 Å². The lowest BCUT2D eigenvalue weighted by atomic mass is 9.92. The van der Waals surface area contributed by atoms with E-state index < -0.39 is 0 Å². The Morgan fingerprint density at radius 2 is 2.33 bits per heavy atom. The van der Waals surface area contributed by atoms with Gasteiger partial charge in [-0.2, -0.15) is 0 Å². The summed E-state index contributed by atoms with van der Waals surface area (Å²) in [6.07, 6.45) is 14.4. The Kier molecular flexibility index (Phi) is 2.99. The summed E-state index contributed by atoms with van der Waals surface area (Å²) in [5, 5.41) is 0. The van der Waals surface area contributed by atoms with Crippen molar-refractivity contribution in [2.75, 3.05) is 0 Å². The van der Waals surface area contributed by atoms with Gasteiger partial charge in [0.2, 0.25) is 0 Å². The zero-order chi connectivity index (χ0) is 10.6. The molecule has 1 atom stereocenters. The Balaban J connectivity index is 2.12. The van der Waals surface area contributed by atoms with Crippen LogP contribution in [0.5, 0.6) is 0 Å². The van der Waals surface area contributed by atoms with Gasteiger partial charge in [0.1, 0.15) is 11.4 Å². The molecule has 0 spiro atoms. The number of rotatable bonds is 5. The number of hydrogen-bond acceptors (Lipinski definition) is 2. The molecule has 0 aliphatic carbocycles. The number of allylic oxidation sites excluding steroid dienone is 1. The summed E-state index contributed by atoms with van der Waals surface area (Å²) in [6.45, 7) is 2.22. The van der Waals surface area contributed by atoms with Gasteiger partial charge in [-0.1, -0.05) is 26.2 Å². The standard InChI is InChI=1S/C12H17N3/c1-2-3-4-6-12(7-5-8-15-12)11-13-9-10-14-11/h5,7-10H,2-4,6H2,1H3,(H,13,14). The maximum Gasteiger partial charge on any atom is 0.138 e. The van der Waals surface area contributed by atoms with E-state index in [1.54, 1.807) is 6.20 Å². The number of H-pyrrole nitrogens is 1. The first-order valence-electron chi connectivity index (χ1n) is 5.60. The minimum absolute atomic E-state index is 0.210. The average Bonchev–Trinajstić information content (AvgIpc) is 2.89. The Labute approximate surface area is 90.3 Å². The van der Waals surface area contributed by atoms with E-state index in [1.807, 2.05) is 18.5 Å². The van der Waals surface area contributed by atoms with Crippen LogP contribution in [0.2, 0.25) is 0 Å². The molecule has 3 heteroatoms. The largest absolute Gasteiger partial charge is 0.346 e. The van der Waals surface area contributed by atoms with Crippen molar-refractivity contribution in [2.45, 2.75) is 38.1 Å². The molecular weight excluding hydrogens is 186 g/mol. The maximum atomic E-state index is 4.55. The van der Waals surface area contributed by atoms with Crippen LogP contribution in [0.15, 0.2) is 29.5 Å². The first-order valence-corrected chi connectivity index (χ1v) is 5.60. The average molecular weight is 203 g/mol. The molecule has 0 amide bonds. The first kappa shape index (κ1) is 10.1. The highest BCUT2D eigenvalue weighted by atomic mass is 15.0. The van der Waals surface area contributed by atoms with Crippen LogP contribution in [0, 0.1) is 0 Å². The van der Waals surface area contributed by atoms with Crippen LogP contribution in [0.3, 0.4) is 0 Å². The number of nitrogens with one attached hydrogen (secondary N) is 1. The third-order valence-electron chi connectivity index (χ3n) is 2.83. The van der Waals surface area contributed by atoms with E-state index in [0.29, 0.717) is 0 Å². The van der Waals surface area contributed by atoms with Gasteiger partial charge in [-0.25, -0.2) is 4.98 Å². The summed E-state index contributed by atoms with van der Waals surface area (Å²) >= 11 is 0. The number of imidazole rings is 1. The number of nitrogens with zero attached hydrogens (tertiary/aromatic N) is 2. The van der Waals surface area contributed by atoms with Crippen molar-refractivity contribution in [1.82, 2.24) is 9.97 Å². The molecule has 0 radical (unpaired) electrons. The number of aromatic nitrogens is 2. The zero-order valence-corrected chi connectivity index (χ0v) is 9.11. The molecule has 1 aromatic rings. The highest BCUT2D eigenvalue weighted by molar-refractivity contribution is 5.75. The topological polar surface area (TPSA) is 41.0 Å². The molecule has 0 saturated heterocycles. The minimum atomic E-state index is -0.210. The second-order valence-electron chi connectivity index (χ2n) is 3.96. The van der Waals surface area contributed by atoms with Crippen LogP contribution in [0.1, 0.15) is 38.4 Å². The summed E-state index contributed by atoms with van der Waals surface area (Å²) < 4.78 is 0. The number of unbranched alkanes of at least 4 members (excludes halogenated alkanes) is 2. The molecule has 1 unspecified atom stereocenters. The van der Waals surface area contributed by atoms with Gasteiger partial charge < -0.3 is 4.98 Å². The minimum Gasteiger partial charge on any atom is -0.346 e. The molecule has 3 nitrogen and oxygen atoms in total. The summed E-state index contributed by atoms with van der Waals surface area (Å²) in [5.74, 6) is 0.962. The van der Waals surface area contributed by atoms with Crippen molar-refractivity contribution in [3.05, 3.63) is 30.4 Å². The molecule has 0 bridgehead atoms. The van der Waals surface area contributed by atoms with Crippen molar-refractivity contribution in [1.29, 1.82) is 0 Å². The number of aliphatic imine (C=N–C) groups is 1. The van der Waals surface area contributed by atoms with Gasteiger partial charge in [0.25, 0.3) is 0 Å². The molecule has 2 rings (SSSR count). The molecule has 0 aromatic carbocycles. The van der Waals surface area contributed by atoms with Crippen molar-refractivity contribution >= 4 is 6.21 Å². The first-order chi connectivity index (χ1) is 7.37. The van der Waals surface area contributed by atoms with Crippen molar-refractivity contribution in [2.24, 2.45) is 4.99 Å². The van der Waals surface area contributed by atoms with E-state index in [1.165, 1.54) is 19.3 Å². The lowest BCUT2D eigenvalue weighted by Crippen LogP contribution is -2.20. The maximum absolute atomic E-state index is 4.55. The van der Waals surface area contributed by atoms with Crippen LogP contribution >= 0.6 is 0 Å². The Bertz CT molecular complexity index is 337. The van der Waals surface area contributed by atoms with Gasteiger partial charge in [-0.05, 0) is 18.6 Å². The summed E-state index contributed by atoms with van der Waals surface area (Å²) in [5.41, 5.74) is -0.210. The van der Waals surface area contributed by atoms with Crippen LogP contribution in [-0.2, 0) is 5.54 Å². The van der Waals surface area contributed by atoms with Gasteiger partial charge >= 0.3 is 0 Å². The van der Waals surface area contributed by atoms with Gasteiger partial charge in [0.05, 0.1) is 0 Å². The molecule has 1 aliphatic rings. The van der Waals surface area contributed by atoms with Crippen molar-refractivity contribution in [3.63, 3.8) is 0 Å². The van der Waals surface area contributed by atoms with Gasteiger partial charge in [0.15, 0.2) is 0 Å². The van der Waals surface area contributed by atoms with Crippen molar-refractivity contribution < 1.29 is 0 Å². The molecule has 80 valence electrons. The van der Waals surface area contributed by atoms with E-state index in [2.05, 4.69) is 28.0 Å². The van der Waals surface area contributed by atoms with Crippen LogP contribution in [0.4, 0.5) is 0 Å². The molecule has 1 aromatic heterocycles. The summed E-state index contributed by atoms with van der Waals surface area (Å²) in [7, 11) is 0. The van der Waals surface area contributed by atoms with E-state index in [0.717, 1.165) is 12.2 Å². The molecule has 1 N–H and O–H groups in total. The normalized spacial score (nSPS) is 23.8. The summed E-state index contributed by atoms with van der Waals surface area (Å²) in [4.78, 5) is 12.1. The quantitative estimate of drug-likeness (QED) is 0.734. The Morgan fingerprint density at radius 1 is 1.40 bits per heavy atom. The SMILES string of the molecule is CCCCCC1(c2ncc[nH]2)C=CC=N1. The second kappa shape index (κ2) is 4.43. The predicted molar refractivity (Wildman–Crippen MR) is 62.0 cm³/mol.